The molecule has 2 bridgehead atoms. The fraction of sp³-hybridized carbons (Fsp3) is 0.615. The summed E-state index contributed by atoms with van der Waals surface area (Å²) in [4.78, 5) is 15.0. The zero-order valence-corrected chi connectivity index (χ0v) is 19.9. The number of hydrogen-bond acceptors (Lipinski definition) is 4. The Morgan fingerprint density at radius 2 is 1.94 bits per heavy atom. The van der Waals surface area contributed by atoms with Crippen LogP contribution in [0.25, 0.3) is 11.3 Å². The fourth-order valence-electron chi connectivity index (χ4n) is 6.11. The predicted octanol–water partition coefficient (Wildman–Crippen LogP) is 3.91. The first-order chi connectivity index (χ1) is 16.1. The lowest BCUT2D eigenvalue weighted by molar-refractivity contribution is 0.0294. The highest BCUT2D eigenvalue weighted by molar-refractivity contribution is 5.74. The van der Waals surface area contributed by atoms with Crippen molar-refractivity contribution in [2.45, 2.75) is 62.9 Å². The van der Waals surface area contributed by atoms with Crippen molar-refractivity contribution in [1.29, 1.82) is 0 Å². The van der Waals surface area contributed by atoms with Crippen LogP contribution in [0, 0.1) is 5.92 Å². The van der Waals surface area contributed by atoms with Crippen LogP contribution in [0.2, 0.25) is 0 Å². The first kappa shape index (κ1) is 22.3. The number of piperidine rings is 3. The molecular weight excluding hydrogens is 414 g/mol. The molecule has 1 aliphatic carbocycles. The molecule has 1 aromatic carbocycles. The first-order valence-electron chi connectivity index (χ1n) is 12.6. The number of fused-ring (bicyclic) bond motifs is 3. The summed E-state index contributed by atoms with van der Waals surface area (Å²) in [5.41, 5.74) is 3.45. The van der Waals surface area contributed by atoms with Gasteiger partial charge < -0.3 is 15.4 Å². The molecule has 2 amide bonds. The number of rotatable bonds is 6. The van der Waals surface area contributed by atoms with Crippen LogP contribution in [0.15, 0.2) is 30.3 Å². The van der Waals surface area contributed by atoms with E-state index in [0.717, 1.165) is 55.9 Å². The SMILES string of the molecule is COc1ccc(-c2cc(C3CN4CCC3CC4CNC(=O)NC3CCCCC3)n(C)n2)cc1. The van der Waals surface area contributed by atoms with Crippen LogP contribution in [0.3, 0.4) is 0 Å². The van der Waals surface area contributed by atoms with Crippen molar-refractivity contribution in [2.75, 3.05) is 26.7 Å². The number of nitrogens with zero attached hydrogens (tertiary/aromatic N) is 3. The quantitative estimate of drug-likeness (QED) is 0.699. The van der Waals surface area contributed by atoms with E-state index in [4.69, 9.17) is 9.84 Å². The minimum absolute atomic E-state index is 0.0110. The number of aryl methyl sites for hydroxylation is 1. The molecule has 1 saturated carbocycles. The maximum absolute atomic E-state index is 12.4. The van der Waals surface area contributed by atoms with E-state index in [2.05, 4.69) is 45.5 Å². The number of aromatic nitrogens is 2. The van der Waals surface area contributed by atoms with Gasteiger partial charge in [0, 0.05) is 49.4 Å². The van der Waals surface area contributed by atoms with Crippen molar-refractivity contribution in [3.05, 3.63) is 36.0 Å². The molecule has 0 spiro atoms. The molecule has 0 radical (unpaired) electrons. The van der Waals surface area contributed by atoms with Gasteiger partial charge in [0.05, 0.1) is 12.8 Å². The Balaban J connectivity index is 1.19. The second kappa shape index (κ2) is 9.75. The minimum Gasteiger partial charge on any atom is -0.497 e. The molecule has 33 heavy (non-hydrogen) atoms. The highest BCUT2D eigenvalue weighted by Crippen LogP contribution is 2.42. The average Bonchev–Trinajstić information content (AvgIpc) is 3.25. The first-order valence-corrected chi connectivity index (χ1v) is 12.6. The van der Waals surface area contributed by atoms with Gasteiger partial charge in [-0.1, -0.05) is 19.3 Å². The zero-order valence-electron chi connectivity index (χ0n) is 19.9. The van der Waals surface area contributed by atoms with Crippen LogP contribution in [0.4, 0.5) is 4.79 Å². The third-order valence-electron chi connectivity index (χ3n) is 8.00. The van der Waals surface area contributed by atoms with Crippen molar-refractivity contribution in [2.24, 2.45) is 13.0 Å². The molecule has 1 aromatic heterocycles. The van der Waals surface area contributed by atoms with Crippen molar-refractivity contribution in [1.82, 2.24) is 25.3 Å². The predicted molar refractivity (Wildman–Crippen MR) is 129 cm³/mol. The van der Waals surface area contributed by atoms with Gasteiger partial charge in [0.2, 0.25) is 0 Å². The Morgan fingerprint density at radius 1 is 1.15 bits per heavy atom. The van der Waals surface area contributed by atoms with Gasteiger partial charge in [-0.3, -0.25) is 9.58 Å². The lowest BCUT2D eigenvalue weighted by atomic mass is 9.74. The number of ether oxygens (including phenoxy) is 1. The van der Waals surface area contributed by atoms with Crippen molar-refractivity contribution >= 4 is 6.03 Å². The van der Waals surface area contributed by atoms with E-state index in [0.29, 0.717) is 23.9 Å². The summed E-state index contributed by atoms with van der Waals surface area (Å²) in [6.45, 7) is 2.91. The summed E-state index contributed by atoms with van der Waals surface area (Å²) < 4.78 is 7.35. The Kier molecular flexibility index (Phi) is 6.58. The molecule has 7 heteroatoms. The van der Waals surface area contributed by atoms with Crippen molar-refractivity contribution in [3.8, 4) is 17.0 Å². The lowest BCUT2D eigenvalue weighted by Crippen LogP contribution is -2.57. The minimum atomic E-state index is 0.0110. The fourth-order valence-corrected chi connectivity index (χ4v) is 6.11. The van der Waals surface area contributed by atoms with Crippen LogP contribution in [0.5, 0.6) is 5.75 Å². The van der Waals surface area contributed by atoms with Crippen LogP contribution in [-0.4, -0.2) is 59.5 Å². The zero-order chi connectivity index (χ0) is 22.8. The Bertz CT molecular complexity index is 950. The lowest BCUT2D eigenvalue weighted by Gasteiger charge is -2.50. The molecule has 178 valence electrons. The maximum atomic E-state index is 12.4. The molecule has 4 unspecified atom stereocenters. The topological polar surface area (TPSA) is 71.4 Å². The van der Waals surface area contributed by atoms with Gasteiger partial charge in [-0.15, -0.1) is 0 Å². The van der Waals surface area contributed by atoms with Gasteiger partial charge in [0.25, 0.3) is 0 Å². The third kappa shape index (κ3) is 4.88. The van der Waals surface area contributed by atoms with E-state index in [9.17, 15) is 4.79 Å². The van der Waals surface area contributed by atoms with E-state index in [1.54, 1.807) is 7.11 Å². The Morgan fingerprint density at radius 3 is 2.64 bits per heavy atom. The standard InChI is InChI=1S/C26H37N5O2/c1-30-25(15-24(29-30)18-8-10-22(33-2)11-9-18)23-17-31-13-12-19(23)14-21(31)16-27-26(32)28-20-6-4-3-5-7-20/h8-11,15,19-21,23H,3-7,12-14,16-17H2,1-2H3,(H2,27,28,32). The number of urea groups is 1. The van der Waals surface area contributed by atoms with E-state index in [1.165, 1.54) is 31.4 Å². The molecule has 3 aliphatic heterocycles. The highest BCUT2D eigenvalue weighted by atomic mass is 16.5. The summed E-state index contributed by atoms with van der Waals surface area (Å²) in [6.07, 6.45) is 8.37. The molecule has 4 fully saturated rings. The number of methoxy groups -OCH3 is 1. The summed E-state index contributed by atoms with van der Waals surface area (Å²) in [5, 5.41) is 11.2. The summed E-state index contributed by atoms with van der Waals surface area (Å²) in [7, 11) is 3.75. The second-order valence-electron chi connectivity index (χ2n) is 10.0. The number of hydrogen-bond donors (Lipinski definition) is 2. The normalized spacial score (nSPS) is 27.3. The maximum Gasteiger partial charge on any atom is 0.315 e. The van der Waals surface area contributed by atoms with E-state index >= 15 is 0 Å². The number of amides is 2. The van der Waals surface area contributed by atoms with Gasteiger partial charge in [0.1, 0.15) is 5.75 Å². The average molecular weight is 452 g/mol. The van der Waals surface area contributed by atoms with Crippen LogP contribution in [-0.2, 0) is 7.05 Å². The Labute approximate surface area is 196 Å². The van der Waals surface area contributed by atoms with Crippen molar-refractivity contribution in [3.63, 3.8) is 0 Å². The van der Waals surface area contributed by atoms with Gasteiger partial charge >= 0.3 is 6.03 Å². The van der Waals surface area contributed by atoms with Crippen molar-refractivity contribution < 1.29 is 9.53 Å². The number of nitrogens with one attached hydrogen (secondary N) is 2. The summed E-state index contributed by atoms with van der Waals surface area (Å²) in [5.74, 6) is 2.00. The van der Waals surface area contributed by atoms with Gasteiger partial charge in [-0.05, 0) is 68.5 Å². The van der Waals surface area contributed by atoms with Gasteiger partial charge in [0.15, 0.2) is 0 Å². The number of carbonyl (C=O) groups is 1. The van der Waals surface area contributed by atoms with E-state index in [1.807, 2.05) is 12.1 Å². The molecule has 4 aliphatic rings. The molecule has 7 nitrogen and oxygen atoms in total. The number of benzene rings is 1. The summed E-state index contributed by atoms with van der Waals surface area (Å²) >= 11 is 0. The van der Waals surface area contributed by atoms with Crippen LogP contribution < -0.4 is 15.4 Å². The number of carbonyl (C=O) groups excluding carboxylic acids is 1. The van der Waals surface area contributed by atoms with E-state index in [-0.39, 0.29) is 6.03 Å². The van der Waals surface area contributed by atoms with Gasteiger partial charge in [-0.25, -0.2) is 4.79 Å². The highest BCUT2D eigenvalue weighted by Gasteiger charge is 2.41. The smallest absolute Gasteiger partial charge is 0.315 e. The molecule has 3 saturated heterocycles. The van der Waals surface area contributed by atoms with Crippen LogP contribution in [0.1, 0.15) is 56.6 Å². The monoisotopic (exact) mass is 451 g/mol. The molecule has 4 heterocycles. The van der Waals surface area contributed by atoms with E-state index < -0.39 is 0 Å². The molecule has 6 rings (SSSR count). The molecule has 2 N–H and O–H groups in total. The molecular formula is C26H37N5O2. The third-order valence-corrected chi connectivity index (χ3v) is 8.00. The van der Waals surface area contributed by atoms with Gasteiger partial charge in [-0.2, -0.15) is 5.10 Å². The second-order valence-corrected chi connectivity index (χ2v) is 10.0. The largest absolute Gasteiger partial charge is 0.497 e. The Hall–Kier alpha value is -2.54. The molecule has 4 atom stereocenters. The molecule has 2 aromatic rings. The summed E-state index contributed by atoms with van der Waals surface area (Å²) in [6, 6.07) is 11.2. The van der Waals surface area contributed by atoms with Crippen LogP contribution >= 0.6 is 0 Å².